The van der Waals surface area contributed by atoms with Gasteiger partial charge < -0.3 is 20.1 Å². The number of nitrogens with one attached hydrogen (secondary N) is 2. The molecule has 1 aromatic heterocycles. The van der Waals surface area contributed by atoms with Gasteiger partial charge >= 0.3 is 0 Å². The minimum Gasteiger partial charge on any atom is -0.454 e. The largest absolute Gasteiger partial charge is 0.454 e. The molecule has 0 bridgehead atoms. The predicted molar refractivity (Wildman–Crippen MR) is 100 cm³/mol. The Bertz CT molecular complexity index is 990. The van der Waals surface area contributed by atoms with Crippen LogP contribution in [0.15, 0.2) is 54.7 Å². The summed E-state index contributed by atoms with van der Waals surface area (Å²) in [4.78, 5) is 20.9. The van der Waals surface area contributed by atoms with Crippen LogP contribution in [0.3, 0.4) is 0 Å². The second kappa shape index (κ2) is 7.33. The van der Waals surface area contributed by atoms with Gasteiger partial charge in [-0.15, -0.1) is 0 Å². The van der Waals surface area contributed by atoms with E-state index in [9.17, 15) is 4.79 Å². The van der Waals surface area contributed by atoms with Crippen molar-refractivity contribution in [1.82, 2.24) is 15.3 Å². The first-order valence-electron chi connectivity index (χ1n) is 8.51. The molecule has 7 heteroatoms. The highest BCUT2D eigenvalue weighted by atomic mass is 16.7. The fourth-order valence-electron chi connectivity index (χ4n) is 2.72. The summed E-state index contributed by atoms with van der Waals surface area (Å²) in [7, 11) is 0. The molecule has 0 radical (unpaired) electrons. The number of aromatic nitrogens is 2. The van der Waals surface area contributed by atoms with E-state index in [2.05, 4.69) is 20.6 Å². The van der Waals surface area contributed by atoms with E-state index in [1.807, 2.05) is 49.4 Å². The fourth-order valence-corrected chi connectivity index (χ4v) is 2.72. The van der Waals surface area contributed by atoms with E-state index in [-0.39, 0.29) is 12.7 Å². The first kappa shape index (κ1) is 16.8. The summed E-state index contributed by atoms with van der Waals surface area (Å²) in [5.74, 6) is 1.50. The Hall–Kier alpha value is -3.61. The molecule has 0 atom stereocenters. The molecule has 3 aromatic rings. The monoisotopic (exact) mass is 362 g/mol. The van der Waals surface area contributed by atoms with E-state index >= 15 is 0 Å². The maximum Gasteiger partial charge on any atom is 0.270 e. The molecule has 4 rings (SSSR count). The van der Waals surface area contributed by atoms with Crippen LogP contribution in [0.25, 0.3) is 0 Å². The van der Waals surface area contributed by atoms with E-state index in [4.69, 9.17) is 9.47 Å². The summed E-state index contributed by atoms with van der Waals surface area (Å²) >= 11 is 0. The van der Waals surface area contributed by atoms with Crippen LogP contribution in [0.1, 0.15) is 21.6 Å². The number of ether oxygens (including phenoxy) is 2. The van der Waals surface area contributed by atoms with Crippen molar-refractivity contribution in [2.75, 3.05) is 12.1 Å². The Morgan fingerprint density at radius 1 is 1.11 bits per heavy atom. The van der Waals surface area contributed by atoms with Crippen LogP contribution in [0.5, 0.6) is 11.5 Å². The van der Waals surface area contributed by atoms with Crippen molar-refractivity contribution in [1.29, 1.82) is 0 Å². The molecule has 0 unspecified atom stereocenters. The highest BCUT2D eigenvalue weighted by molar-refractivity contribution is 5.92. The number of fused-ring (bicyclic) bond motifs is 1. The van der Waals surface area contributed by atoms with E-state index in [1.165, 1.54) is 0 Å². The lowest BCUT2D eigenvalue weighted by Gasteiger charge is -2.08. The van der Waals surface area contributed by atoms with Gasteiger partial charge in [-0.2, -0.15) is 0 Å². The third-order valence-corrected chi connectivity index (χ3v) is 4.05. The average Bonchev–Trinajstić information content (AvgIpc) is 3.14. The van der Waals surface area contributed by atoms with Crippen molar-refractivity contribution in [2.45, 2.75) is 13.5 Å². The SMILES string of the molecule is Cc1cccc(Nc2nccc(C(=O)NCc3ccc4c(c3)OCO4)n2)c1. The number of anilines is 2. The number of hydrogen-bond donors (Lipinski definition) is 2. The zero-order valence-electron chi connectivity index (χ0n) is 14.7. The average molecular weight is 362 g/mol. The van der Waals surface area contributed by atoms with Gasteiger partial charge in [0.1, 0.15) is 5.69 Å². The molecule has 136 valence electrons. The van der Waals surface area contributed by atoms with Crippen molar-refractivity contribution < 1.29 is 14.3 Å². The second-order valence-corrected chi connectivity index (χ2v) is 6.13. The van der Waals surface area contributed by atoms with Crippen molar-refractivity contribution >= 4 is 17.5 Å². The molecule has 0 aliphatic carbocycles. The number of carbonyl (C=O) groups is 1. The van der Waals surface area contributed by atoms with Gasteiger partial charge in [-0.1, -0.05) is 18.2 Å². The van der Waals surface area contributed by atoms with Crippen LogP contribution in [-0.4, -0.2) is 22.7 Å². The molecule has 0 saturated carbocycles. The van der Waals surface area contributed by atoms with Gasteiger partial charge in [0.15, 0.2) is 11.5 Å². The maximum atomic E-state index is 12.4. The minimum atomic E-state index is -0.276. The molecule has 0 saturated heterocycles. The normalized spacial score (nSPS) is 11.9. The van der Waals surface area contributed by atoms with Crippen molar-refractivity contribution in [3.05, 3.63) is 71.5 Å². The number of benzene rings is 2. The van der Waals surface area contributed by atoms with Gasteiger partial charge in [-0.05, 0) is 48.4 Å². The summed E-state index contributed by atoms with van der Waals surface area (Å²) in [6, 6.07) is 15.0. The van der Waals surface area contributed by atoms with E-state index in [1.54, 1.807) is 12.3 Å². The smallest absolute Gasteiger partial charge is 0.270 e. The summed E-state index contributed by atoms with van der Waals surface area (Å²) in [5, 5.41) is 5.96. The minimum absolute atomic E-state index is 0.225. The molecule has 1 aliphatic heterocycles. The molecular formula is C20H18N4O3. The second-order valence-electron chi connectivity index (χ2n) is 6.13. The van der Waals surface area contributed by atoms with Crippen LogP contribution >= 0.6 is 0 Å². The fraction of sp³-hybridized carbons (Fsp3) is 0.150. The van der Waals surface area contributed by atoms with Crippen LogP contribution in [0, 0.1) is 6.92 Å². The molecule has 2 N–H and O–H groups in total. The van der Waals surface area contributed by atoms with Crippen LogP contribution in [-0.2, 0) is 6.54 Å². The summed E-state index contributed by atoms with van der Waals surface area (Å²) in [5.41, 5.74) is 3.20. The van der Waals surface area contributed by atoms with Crippen molar-refractivity contribution in [2.24, 2.45) is 0 Å². The maximum absolute atomic E-state index is 12.4. The van der Waals surface area contributed by atoms with Crippen LogP contribution < -0.4 is 20.1 Å². The molecule has 1 aliphatic rings. The van der Waals surface area contributed by atoms with Gasteiger partial charge in [0.2, 0.25) is 12.7 Å². The number of aryl methyl sites for hydroxylation is 1. The highest BCUT2D eigenvalue weighted by Gasteiger charge is 2.14. The molecule has 27 heavy (non-hydrogen) atoms. The van der Waals surface area contributed by atoms with Gasteiger partial charge in [0.05, 0.1) is 0 Å². The van der Waals surface area contributed by atoms with Crippen molar-refractivity contribution in [3.8, 4) is 11.5 Å². The van der Waals surface area contributed by atoms with E-state index in [0.717, 1.165) is 16.8 Å². The first-order chi connectivity index (χ1) is 13.2. The van der Waals surface area contributed by atoms with Crippen molar-refractivity contribution in [3.63, 3.8) is 0 Å². The lowest BCUT2D eigenvalue weighted by molar-refractivity contribution is 0.0946. The third-order valence-electron chi connectivity index (χ3n) is 4.05. The van der Waals surface area contributed by atoms with E-state index < -0.39 is 0 Å². The van der Waals surface area contributed by atoms with Crippen LogP contribution in [0.4, 0.5) is 11.6 Å². The number of hydrogen-bond acceptors (Lipinski definition) is 6. The van der Waals surface area contributed by atoms with Gasteiger partial charge in [0.25, 0.3) is 5.91 Å². The van der Waals surface area contributed by atoms with Gasteiger partial charge in [-0.25, -0.2) is 9.97 Å². The zero-order chi connectivity index (χ0) is 18.6. The summed E-state index contributed by atoms with van der Waals surface area (Å²) < 4.78 is 10.6. The lowest BCUT2D eigenvalue weighted by atomic mass is 10.2. The van der Waals surface area contributed by atoms with E-state index in [0.29, 0.717) is 29.7 Å². The summed E-state index contributed by atoms with van der Waals surface area (Å²) in [6.45, 7) is 2.59. The van der Waals surface area contributed by atoms with Gasteiger partial charge in [-0.3, -0.25) is 4.79 Å². The molecular weight excluding hydrogens is 344 g/mol. The number of carbonyl (C=O) groups excluding carboxylic acids is 1. The Kier molecular flexibility index (Phi) is 4.57. The predicted octanol–water partition coefficient (Wildman–Crippen LogP) is 3.19. The van der Waals surface area contributed by atoms with Gasteiger partial charge in [0, 0.05) is 18.4 Å². The standard InChI is InChI=1S/C20H18N4O3/c1-13-3-2-4-15(9-13)23-20-21-8-7-16(24-20)19(25)22-11-14-5-6-17-18(10-14)27-12-26-17/h2-10H,11-12H2,1H3,(H,22,25)(H,21,23,24). The number of nitrogens with zero attached hydrogens (tertiary/aromatic N) is 2. The quantitative estimate of drug-likeness (QED) is 0.725. The Morgan fingerprint density at radius 3 is 2.89 bits per heavy atom. The molecule has 1 amide bonds. The topological polar surface area (TPSA) is 85.4 Å². The Labute approximate surface area is 156 Å². The third kappa shape index (κ3) is 3.98. The number of rotatable bonds is 5. The zero-order valence-corrected chi connectivity index (χ0v) is 14.7. The highest BCUT2D eigenvalue weighted by Crippen LogP contribution is 2.32. The molecule has 2 aromatic carbocycles. The Balaban J connectivity index is 1.41. The number of amides is 1. The molecule has 7 nitrogen and oxygen atoms in total. The first-order valence-corrected chi connectivity index (χ1v) is 8.51. The molecule has 0 spiro atoms. The molecule has 2 heterocycles. The van der Waals surface area contributed by atoms with Crippen LogP contribution in [0.2, 0.25) is 0 Å². The lowest BCUT2D eigenvalue weighted by Crippen LogP contribution is -2.24. The summed E-state index contributed by atoms with van der Waals surface area (Å²) in [6.07, 6.45) is 1.56. The Morgan fingerprint density at radius 2 is 2.00 bits per heavy atom. The molecule has 0 fully saturated rings.